The molecule has 0 aromatic carbocycles. The molecule has 3 N–H and O–H groups in total. The number of carbonyl (C=O) groups is 5. The average molecular weight is 885 g/mol. The summed E-state index contributed by atoms with van der Waals surface area (Å²) in [6.45, 7) is 12.7. The second-order valence-electron chi connectivity index (χ2n) is 13.9. The fourth-order valence-electron chi connectivity index (χ4n) is 4.73. The van der Waals surface area contributed by atoms with Gasteiger partial charge in [0.25, 0.3) is 0 Å². The number of urea groups is 1. The van der Waals surface area contributed by atoms with Gasteiger partial charge in [0, 0.05) is 65.3 Å². The van der Waals surface area contributed by atoms with Crippen molar-refractivity contribution in [1.29, 1.82) is 0 Å². The molecule has 3 amide bonds. The summed E-state index contributed by atoms with van der Waals surface area (Å²) in [7, 11) is 1.17. The number of rotatable bonds is 19. The number of methoxy groups -OCH3 is 1. The Morgan fingerprint density at radius 1 is 0.745 bits per heavy atom. The molecule has 2 aromatic heterocycles. The molecule has 2 heterocycles. The van der Waals surface area contributed by atoms with E-state index in [0.29, 0.717) is 19.6 Å². The normalized spacial score (nSPS) is 12.5. The molecule has 1 radical (unpaired) electrons. The van der Waals surface area contributed by atoms with E-state index in [1.165, 1.54) is 7.11 Å². The van der Waals surface area contributed by atoms with Gasteiger partial charge in [0.15, 0.2) is 0 Å². The van der Waals surface area contributed by atoms with Crippen LogP contribution >= 0.6 is 0 Å². The first-order valence-electron chi connectivity index (χ1n) is 16.9. The first kappa shape index (κ1) is 45.1. The quantitative estimate of drug-likeness (QED) is 0.106. The van der Waals surface area contributed by atoms with Crippen molar-refractivity contribution >= 4 is 29.8 Å². The van der Waals surface area contributed by atoms with Gasteiger partial charge < -0.3 is 30.2 Å². The minimum atomic E-state index is -1.20. The maximum atomic E-state index is 12.9. The molecule has 51 heavy (non-hydrogen) atoms. The molecule has 15 heteroatoms. The Hall–Kier alpha value is -3.93. The smallest absolute Gasteiger partial charge is 0.329 e. The molecule has 0 aliphatic heterocycles. The van der Waals surface area contributed by atoms with E-state index in [2.05, 4.69) is 30.8 Å². The molecule has 0 saturated carbocycles. The standard InChI is InChI=1S/C36H54N6O8.Re/c1-35(2,3)49-31(44)19-17-29(33(46)50-36(4,5)6)41-34(47)40-28(32(45)48-7)16-18-30(43)39-22-12-13-23-42(24-26-14-8-10-20-37-26)25-27-15-9-11-21-38-27;/h8-11,14-15,20-21,28-29H,12-13,16-19,22-25H2,1-7H3,(H,39,43)(H2,40,41,47);/t28-,29-;/m0./s1. The number of hydrogen-bond donors (Lipinski definition) is 3. The predicted octanol–water partition coefficient (Wildman–Crippen LogP) is 3.83. The minimum Gasteiger partial charge on any atom is -0.467 e. The molecule has 0 spiro atoms. The molecule has 2 aromatic rings. The number of unbranched alkanes of at least 4 members (excludes halogenated alkanes) is 1. The van der Waals surface area contributed by atoms with E-state index in [4.69, 9.17) is 14.2 Å². The second kappa shape index (κ2) is 22.8. The van der Waals surface area contributed by atoms with Crippen molar-refractivity contribution in [2.24, 2.45) is 0 Å². The zero-order valence-electron chi connectivity index (χ0n) is 30.8. The number of nitrogens with zero attached hydrogens (tertiary/aromatic N) is 3. The zero-order chi connectivity index (χ0) is 37.2. The Kier molecular flexibility index (Phi) is 20.2. The van der Waals surface area contributed by atoms with Gasteiger partial charge in [-0.15, -0.1) is 0 Å². The van der Waals surface area contributed by atoms with Crippen molar-refractivity contribution in [3.05, 3.63) is 60.2 Å². The SMILES string of the molecule is COC(=O)[C@H](CCC(=O)NCCCCN(Cc1ccccn1)Cc1ccccn1)NC(=O)N[C@@H](CCC(=O)OC(C)(C)C)C(=O)OC(C)(C)C.[Re]. The summed E-state index contributed by atoms with van der Waals surface area (Å²) in [5.41, 5.74) is 0.353. The van der Waals surface area contributed by atoms with Crippen molar-refractivity contribution in [2.45, 2.75) is 116 Å². The molecule has 2 atom stereocenters. The Morgan fingerprint density at radius 2 is 1.27 bits per heavy atom. The van der Waals surface area contributed by atoms with Gasteiger partial charge in [-0.25, -0.2) is 14.4 Å². The molecule has 0 aliphatic carbocycles. The van der Waals surface area contributed by atoms with E-state index in [0.717, 1.165) is 30.8 Å². The van der Waals surface area contributed by atoms with Crippen LogP contribution in [0.2, 0.25) is 0 Å². The van der Waals surface area contributed by atoms with Crippen LogP contribution in [0.15, 0.2) is 48.8 Å². The van der Waals surface area contributed by atoms with Gasteiger partial charge in [0.1, 0.15) is 23.3 Å². The predicted molar refractivity (Wildman–Crippen MR) is 186 cm³/mol. The van der Waals surface area contributed by atoms with E-state index in [9.17, 15) is 24.0 Å². The third-order valence-corrected chi connectivity index (χ3v) is 6.95. The number of amides is 3. The van der Waals surface area contributed by atoms with E-state index < -0.39 is 47.2 Å². The van der Waals surface area contributed by atoms with Gasteiger partial charge >= 0.3 is 23.9 Å². The minimum absolute atomic E-state index is 0. The monoisotopic (exact) mass is 885 g/mol. The van der Waals surface area contributed by atoms with E-state index in [1.807, 2.05) is 36.4 Å². The number of ether oxygens (including phenoxy) is 3. The van der Waals surface area contributed by atoms with Gasteiger partial charge in [-0.3, -0.25) is 24.5 Å². The Bertz CT molecular complexity index is 1330. The maximum Gasteiger partial charge on any atom is 0.329 e. The van der Waals surface area contributed by atoms with Crippen molar-refractivity contribution in [3.8, 4) is 0 Å². The molecular weight excluding hydrogens is 831 g/mol. The van der Waals surface area contributed by atoms with Gasteiger partial charge in [-0.1, -0.05) is 12.1 Å². The Morgan fingerprint density at radius 3 is 1.76 bits per heavy atom. The van der Waals surface area contributed by atoms with Crippen molar-refractivity contribution < 1.29 is 58.6 Å². The van der Waals surface area contributed by atoms with Gasteiger partial charge in [0.05, 0.1) is 18.5 Å². The second-order valence-corrected chi connectivity index (χ2v) is 13.9. The number of nitrogens with one attached hydrogen (secondary N) is 3. The zero-order valence-corrected chi connectivity index (χ0v) is 33.5. The van der Waals surface area contributed by atoms with Crippen LogP contribution in [-0.4, -0.2) is 88.2 Å². The van der Waals surface area contributed by atoms with Gasteiger partial charge in [-0.05, 0) is 98.0 Å². The van der Waals surface area contributed by atoms with Crippen molar-refractivity contribution in [1.82, 2.24) is 30.8 Å². The summed E-state index contributed by atoms with van der Waals surface area (Å²) in [5, 5.41) is 7.84. The summed E-state index contributed by atoms with van der Waals surface area (Å²) in [6.07, 6.45) is 4.74. The molecule has 0 fully saturated rings. The number of esters is 3. The fourth-order valence-corrected chi connectivity index (χ4v) is 4.73. The topological polar surface area (TPSA) is 178 Å². The molecule has 0 bridgehead atoms. The van der Waals surface area contributed by atoms with Crippen LogP contribution in [0.5, 0.6) is 0 Å². The third kappa shape index (κ3) is 20.5. The van der Waals surface area contributed by atoms with Crippen LogP contribution in [-0.2, 0) is 66.9 Å². The first-order chi connectivity index (χ1) is 23.5. The molecule has 14 nitrogen and oxygen atoms in total. The Balaban J connectivity index is 0.0000130. The number of aromatic nitrogens is 2. The van der Waals surface area contributed by atoms with Crippen LogP contribution in [0.25, 0.3) is 0 Å². The Labute approximate surface area is 315 Å². The van der Waals surface area contributed by atoms with Crippen LogP contribution < -0.4 is 16.0 Å². The molecule has 283 valence electrons. The molecule has 0 unspecified atom stereocenters. The summed E-state index contributed by atoms with van der Waals surface area (Å²) in [5.74, 6) is -2.33. The summed E-state index contributed by atoms with van der Waals surface area (Å²) in [6, 6.07) is 8.42. The summed E-state index contributed by atoms with van der Waals surface area (Å²) >= 11 is 0. The fraction of sp³-hybridized carbons (Fsp3) is 0.583. The van der Waals surface area contributed by atoms with E-state index in [-0.39, 0.29) is 52.0 Å². The summed E-state index contributed by atoms with van der Waals surface area (Å²) < 4.78 is 15.6. The molecule has 0 aliphatic rings. The van der Waals surface area contributed by atoms with Crippen LogP contribution in [0.3, 0.4) is 0 Å². The molecule has 0 saturated heterocycles. The average Bonchev–Trinajstić information content (AvgIpc) is 3.03. The third-order valence-electron chi connectivity index (χ3n) is 6.95. The van der Waals surface area contributed by atoms with Crippen molar-refractivity contribution in [3.63, 3.8) is 0 Å². The van der Waals surface area contributed by atoms with Gasteiger partial charge in [-0.2, -0.15) is 0 Å². The number of pyridine rings is 2. The number of carbonyl (C=O) groups excluding carboxylic acids is 5. The van der Waals surface area contributed by atoms with Gasteiger partial charge in [0.2, 0.25) is 5.91 Å². The maximum absolute atomic E-state index is 12.9. The van der Waals surface area contributed by atoms with Crippen LogP contribution in [0.4, 0.5) is 4.79 Å². The largest absolute Gasteiger partial charge is 0.467 e. The summed E-state index contributed by atoms with van der Waals surface area (Å²) in [4.78, 5) is 74.3. The van der Waals surface area contributed by atoms with E-state index >= 15 is 0 Å². The first-order valence-corrected chi connectivity index (χ1v) is 16.9. The number of hydrogen-bond acceptors (Lipinski definition) is 11. The molecule has 2 rings (SSSR count). The molecular formula is C36H54N6O8Re. The van der Waals surface area contributed by atoms with Crippen LogP contribution in [0, 0.1) is 0 Å². The van der Waals surface area contributed by atoms with Crippen molar-refractivity contribution in [2.75, 3.05) is 20.2 Å². The van der Waals surface area contributed by atoms with Crippen LogP contribution in [0.1, 0.15) is 91.5 Å². The van der Waals surface area contributed by atoms with E-state index in [1.54, 1.807) is 53.9 Å².